The molecule has 0 saturated carbocycles. The molecule has 1 fully saturated rings. The molecule has 0 radical (unpaired) electrons. The topological polar surface area (TPSA) is 90.8 Å². The van der Waals surface area contributed by atoms with E-state index in [0.29, 0.717) is 0 Å². The molecule has 4 rings (SSSR count). The molecular weight excluding hydrogens is 552 g/mol. The lowest BCUT2D eigenvalue weighted by Gasteiger charge is -2.25. The summed E-state index contributed by atoms with van der Waals surface area (Å²) in [6.07, 6.45) is -3.42. The molecule has 1 N–H and O–H groups in total. The number of nitrogens with zero attached hydrogens (tertiary/aromatic N) is 3. The highest BCUT2D eigenvalue weighted by Gasteiger charge is 2.47. The fourth-order valence-electron chi connectivity index (χ4n) is 3.93. The van der Waals surface area contributed by atoms with Crippen molar-refractivity contribution in [3.8, 4) is 0 Å². The standard InChI is InChI=1S/C23H20F3N3O2S.C2HF3O2/c1-14(2)20-21(30)29(16-7-9-17(10-8-16)32-23(24,25)26)22(31)28(20)13-15-11-12-27-19-6-4-3-5-18(15)19;3-2(4,5)1(6)7/h3-12,14,20H,13H2,1-2H3;(H,6,7)/t20-;/m1./s1. The van der Waals surface area contributed by atoms with Crippen LogP contribution in [-0.4, -0.2) is 50.6 Å². The van der Waals surface area contributed by atoms with E-state index in [1.165, 1.54) is 29.2 Å². The number of carbonyl (C=O) groups excluding carboxylic acids is 2. The van der Waals surface area contributed by atoms with Crippen LogP contribution in [0.1, 0.15) is 19.4 Å². The number of carbonyl (C=O) groups is 3. The van der Waals surface area contributed by atoms with E-state index in [4.69, 9.17) is 9.90 Å². The molecule has 2 aromatic carbocycles. The summed E-state index contributed by atoms with van der Waals surface area (Å²) in [6.45, 7) is 3.94. The Morgan fingerprint density at radius 3 is 2.13 bits per heavy atom. The number of imide groups is 1. The number of hydrogen-bond donors (Lipinski definition) is 1. The Hall–Kier alpha value is -3.81. The molecule has 1 aromatic heterocycles. The Bertz CT molecular complexity index is 1360. The van der Waals surface area contributed by atoms with Crippen LogP contribution in [0.4, 0.5) is 36.8 Å². The molecule has 39 heavy (non-hydrogen) atoms. The van der Waals surface area contributed by atoms with E-state index in [9.17, 15) is 35.9 Å². The Morgan fingerprint density at radius 2 is 1.59 bits per heavy atom. The van der Waals surface area contributed by atoms with Crippen LogP contribution in [-0.2, 0) is 16.1 Å². The zero-order valence-corrected chi connectivity index (χ0v) is 21.1. The summed E-state index contributed by atoms with van der Waals surface area (Å²) < 4.78 is 69.6. The maximum Gasteiger partial charge on any atom is 0.490 e. The third-order valence-corrected chi connectivity index (χ3v) is 6.27. The van der Waals surface area contributed by atoms with Gasteiger partial charge in [0.15, 0.2) is 0 Å². The average molecular weight is 574 g/mol. The Morgan fingerprint density at radius 1 is 1.00 bits per heavy atom. The number of pyridine rings is 1. The molecule has 3 aromatic rings. The lowest BCUT2D eigenvalue weighted by molar-refractivity contribution is -0.192. The van der Waals surface area contributed by atoms with Crippen LogP contribution in [0.2, 0.25) is 0 Å². The van der Waals surface area contributed by atoms with Gasteiger partial charge in [-0.15, -0.1) is 0 Å². The first-order valence-electron chi connectivity index (χ1n) is 11.2. The second kappa shape index (κ2) is 11.5. The van der Waals surface area contributed by atoms with Gasteiger partial charge in [0.1, 0.15) is 6.04 Å². The van der Waals surface area contributed by atoms with Gasteiger partial charge in [-0.1, -0.05) is 32.0 Å². The quantitative estimate of drug-likeness (QED) is 0.214. The molecule has 3 amide bonds. The van der Waals surface area contributed by atoms with E-state index in [2.05, 4.69) is 4.98 Å². The zero-order chi connectivity index (χ0) is 29.1. The van der Waals surface area contributed by atoms with Crippen LogP contribution in [0.3, 0.4) is 0 Å². The molecule has 1 aliphatic rings. The highest BCUT2D eigenvalue weighted by molar-refractivity contribution is 8.00. The Balaban J connectivity index is 0.000000532. The number of carboxylic acid groups (broad SMARTS) is 1. The number of carboxylic acids is 1. The van der Waals surface area contributed by atoms with Crippen molar-refractivity contribution in [2.75, 3.05) is 4.90 Å². The number of rotatable bonds is 5. The van der Waals surface area contributed by atoms with Gasteiger partial charge in [0, 0.05) is 23.0 Å². The summed E-state index contributed by atoms with van der Waals surface area (Å²) in [5, 5.41) is 8.02. The molecule has 0 aliphatic carbocycles. The van der Waals surface area contributed by atoms with Crippen LogP contribution in [0.15, 0.2) is 65.7 Å². The Kier molecular flexibility index (Phi) is 8.78. The van der Waals surface area contributed by atoms with Gasteiger partial charge in [0.05, 0.1) is 11.2 Å². The monoisotopic (exact) mass is 573 g/mol. The molecule has 1 saturated heterocycles. The van der Waals surface area contributed by atoms with E-state index in [1.807, 2.05) is 44.2 Å². The average Bonchev–Trinajstić information content (AvgIpc) is 3.08. The highest BCUT2D eigenvalue weighted by Crippen LogP contribution is 2.38. The maximum absolute atomic E-state index is 13.3. The largest absolute Gasteiger partial charge is 0.490 e. The van der Waals surface area contributed by atoms with Gasteiger partial charge in [0.25, 0.3) is 5.91 Å². The van der Waals surface area contributed by atoms with Gasteiger partial charge in [-0.2, -0.15) is 26.3 Å². The highest BCUT2D eigenvalue weighted by atomic mass is 32.2. The zero-order valence-electron chi connectivity index (χ0n) is 20.3. The molecule has 0 bridgehead atoms. The number of fused-ring (bicyclic) bond motifs is 1. The number of hydrogen-bond acceptors (Lipinski definition) is 5. The molecule has 2 heterocycles. The predicted octanol–water partition coefficient (Wildman–Crippen LogP) is 6.47. The van der Waals surface area contributed by atoms with Gasteiger partial charge in [-0.3, -0.25) is 9.78 Å². The number of para-hydroxylation sites is 1. The number of amides is 3. The summed E-state index contributed by atoms with van der Waals surface area (Å²) >= 11 is -0.242. The van der Waals surface area contributed by atoms with Gasteiger partial charge in [-0.05, 0) is 59.6 Å². The number of urea groups is 1. The third-order valence-electron chi connectivity index (χ3n) is 5.53. The number of thioether (sulfide) groups is 1. The van der Waals surface area contributed by atoms with Crippen molar-refractivity contribution in [1.29, 1.82) is 0 Å². The molecule has 7 nitrogen and oxygen atoms in total. The maximum atomic E-state index is 13.3. The van der Waals surface area contributed by atoms with Crippen molar-refractivity contribution in [3.05, 3.63) is 66.4 Å². The van der Waals surface area contributed by atoms with Crippen molar-refractivity contribution in [3.63, 3.8) is 0 Å². The lowest BCUT2D eigenvalue weighted by atomic mass is 10.0. The summed E-state index contributed by atoms with van der Waals surface area (Å²) in [4.78, 5) is 42.3. The molecule has 1 atom stereocenters. The second-order valence-electron chi connectivity index (χ2n) is 8.60. The van der Waals surface area contributed by atoms with E-state index >= 15 is 0 Å². The van der Waals surface area contributed by atoms with Gasteiger partial charge >= 0.3 is 23.7 Å². The fourth-order valence-corrected chi connectivity index (χ4v) is 4.47. The van der Waals surface area contributed by atoms with Crippen LogP contribution >= 0.6 is 11.8 Å². The van der Waals surface area contributed by atoms with E-state index in [0.717, 1.165) is 21.4 Å². The van der Waals surface area contributed by atoms with Crippen LogP contribution < -0.4 is 4.90 Å². The van der Waals surface area contributed by atoms with E-state index in [1.54, 1.807) is 6.20 Å². The molecule has 1 aliphatic heterocycles. The minimum Gasteiger partial charge on any atom is -0.475 e. The number of alkyl halides is 6. The smallest absolute Gasteiger partial charge is 0.475 e. The number of anilines is 1. The number of halogens is 6. The van der Waals surface area contributed by atoms with Crippen molar-refractivity contribution in [2.45, 2.75) is 43.0 Å². The van der Waals surface area contributed by atoms with Gasteiger partial charge in [0.2, 0.25) is 0 Å². The SMILES string of the molecule is CC(C)[C@@H]1C(=O)N(c2ccc(SC(F)(F)F)cc2)C(=O)N1Cc1ccnc2ccccc12.O=C(O)C(F)(F)F. The normalized spacial score (nSPS) is 16.1. The van der Waals surface area contributed by atoms with E-state index < -0.39 is 29.7 Å². The third kappa shape index (κ3) is 7.19. The number of aromatic nitrogens is 1. The first kappa shape index (κ1) is 29.7. The van der Waals surface area contributed by atoms with Gasteiger partial charge < -0.3 is 10.0 Å². The fraction of sp³-hybridized carbons (Fsp3) is 0.280. The summed E-state index contributed by atoms with van der Waals surface area (Å²) in [5.41, 5.74) is -2.51. The minimum atomic E-state index is -5.08. The first-order valence-corrected chi connectivity index (χ1v) is 12.0. The first-order chi connectivity index (χ1) is 18.1. The molecule has 0 unspecified atom stereocenters. The predicted molar refractivity (Wildman–Crippen MR) is 131 cm³/mol. The second-order valence-corrected chi connectivity index (χ2v) is 9.74. The molecular formula is C25H21F6N3O4S. The Labute approximate surface area is 222 Å². The summed E-state index contributed by atoms with van der Waals surface area (Å²) in [5.74, 6) is -3.29. The molecule has 0 spiro atoms. The summed E-state index contributed by atoms with van der Waals surface area (Å²) in [6, 6.07) is 13.5. The van der Waals surface area contributed by atoms with Crippen LogP contribution in [0, 0.1) is 5.92 Å². The van der Waals surface area contributed by atoms with Crippen LogP contribution in [0.5, 0.6) is 0 Å². The molecule has 208 valence electrons. The van der Waals surface area contributed by atoms with Crippen molar-refractivity contribution in [1.82, 2.24) is 9.88 Å². The minimum absolute atomic E-state index is 0.0131. The van der Waals surface area contributed by atoms with Crippen molar-refractivity contribution < 1.29 is 45.8 Å². The van der Waals surface area contributed by atoms with Gasteiger partial charge in [-0.25, -0.2) is 14.5 Å². The summed E-state index contributed by atoms with van der Waals surface area (Å²) in [7, 11) is 0. The van der Waals surface area contributed by atoms with Crippen molar-refractivity contribution >= 4 is 46.3 Å². The number of benzene rings is 2. The molecule has 14 heteroatoms. The van der Waals surface area contributed by atoms with E-state index in [-0.39, 0.29) is 40.7 Å². The lowest BCUT2D eigenvalue weighted by Crippen LogP contribution is -2.38. The van der Waals surface area contributed by atoms with Crippen LogP contribution in [0.25, 0.3) is 10.9 Å². The van der Waals surface area contributed by atoms with Crippen molar-refractivity contribution in [2.24, 2.45) is 5.92 Å². The number of aliphatic carboxylic acids is 1.